The fourth-order valence-corrected chi connectivity index (χ4v) is 5.68. The SMILES string of the molecule is C=C(C)[C@@H]1CCC(C)=C[C@H]1c1c(O)cc(CCCCC)cc1OC(=O)C1(OP(=O)(O)O)CCC1. The van der Waals surface area contributed by atoms with Crippen LogP contribution >= 0.6 is 7.82 Å². The van der Waals surface area contributed by atoms with Gasteiger partial charge in [-0.2, -0.15) is 0 Å². The van der Waals surface area contributed by atoms with Crippen molar-refractivity contribution >= 4 is 13.8 Å². The number of allylic oxidation sites excluding steroid dienone is 3. The van der Waals surface area contributed by atoms with Crippen LogP contribution in [0, 0.1) is 5.92 Å². The molecule has 0 spiro atoms. The molecule has 1 saturated carbocycles. The zero-order chi connectivity index (χ0) is 25.1. The highest BCUT2D eigenvalue weighted by molar-refractivity contribution is 7.46. The first kappa shape index (κ1) is 26.7. The summed E-state index contributed by atoms with van der Waals surface area (Å²) >= 11 is 0. The molecule has 0 bridgehead atoms. The summed E-state index contributed by atoms with van der Waals surface area (Å²) in [4.78, 5) is 31.9. The third kappa shape index (κ3) is 6.19. The zero-order valence-corrected chi connectivity index (χ0v) is 21.3. The van der Waals surface area contributed by atoms with Gasteiger partial charge < -0.3 is 19.6 Å². The third-order valence-electron chi connectivity index (χ3n) is 6.99. The standard InChI is InChI=1S/C26H37O7P/c1-5-6-7-9-19-15-22(27)24(21-14-18(4)10-11-20(21)17(2)3)23(16-19)32-25(28)26(12-8-13-26)33-34(29,30)31/h14-16,20-21,27H,2,5-13H2,1,3-4H3,(H2,29,30,31)/t20-,21+/m0/s1. The first-order valence-corrected chi connectivity index (χ1v) is 13.7. The molecule has 0 aliphatic heterocycles. The highest BCUT2D eigenvalue weighted by Crippen LogP contribution is 2.51. The van der Waals surface area contributed by atoms with E-state index in [-0.39, 0.29) is 36.2 Å². The van der Waals surface area contributed by atoms with E-state index in [1.165, 1.54) is 5.57 Å². The van der Waals surface area contributed by atoms with Crippen molar-refractivity contribution in [2.75, 3.05) is 0 Å². The van der Waals surface area contributed by atoms with Gasteiger partial charge in [0, 0.05) is 11.5 Å². The van der Waals surface area contributed by atoms with Crippen LogP contribution in [0.1, 0.15) is 89.2 Å². The molecule has 0 saturated heterocycles. The maximum atomic E-state index is 13.2. The number of phosphoric acid groups is 1. The molecule has 1 fully saturated rings. The molecular formula is C26H37O7P. The van der Waals surface area contributed by atoms with Crippen LogP contribution in [0.2, 0.25) is 0 Å². The van der Waals surface area contributed by atoms with Crippen LogP contribution in [0.25, 0.3) is 0 Å². The van der Waals surface area contributed by atoms with Crippen LogP contribution in [-0.4, -0.2) is 26.5 Å². The van der Waals surface area contributed by atoms with Crippen LogP contribution in [0.4, 0.5) is 0 Å². The average molecular weight is 493 g/mol. The summed E-state index contributed by atoms with van der Waals surface area (Å²) in [7, 11) is -4.89. The van der Waals surface area contributed by atoms with E-state index in [4.69, 9.17) is 9.26 Å². The second-order valence-corrected chi connectivity index (χ2v) is 11.0. The summed E-state index contributed by atoms with van der Waals surface area (Å²) in [5.41, 5.74) is 1.85. The number of esters is 1. The van der Waals surface area contributed by atoms with Gasteiger partial charge in [-0.05, 0) is 82.4 Å². The molecule has 7 nitrogen and oxygen atoms in total. The van der Waals surface area contributed by atoms with Crippen molar-refractivity contribution in [3.05, 3.63) is 47.1 Å². The van der Waals surface area contributed by atoms with E-state index in [0.29, 0.717) is 12.0 Å². The number of ether oxygens (including phenoxy) is 1. The summed E-state index contributed by atoms with van der Waals surface area (Å²) in [6.45, 7) is 10.3. The monoisotopic (exact) mass is 492 g/mol. The Kier molecular flexibility index (Phi) is 8.46. The van der Waals surface area contributed by atoms with Crippen molar-refractivity contribution in [1.29, 1.82) is 0 Å². The molecule has 3 N–H and O–H groups in total. The Morgan fingerprint density at radius 1 is 1.26 bits per heavy atom. The molecule has 3 rings (SSSR count). The number of benzene rings is 1. The van der Waals surface area contributed by atoms with Crippen LogP contribution in [0.5, 0.6) is 11.5 Å². The normalized spacial score (nSPS) is 22.0. The van der Waals surface area contributed by atoms with Gasteiger partial charge in [-0.1, -0.05) is 43.6 Å². The van der Waals surface area contributed by atoms with Gasteiger partial charge >= 0.3 is 13.8 Å². The van der Waals surface area contributed by atoms with E-state index in [1.54, 1.807) is 12.1 Å². The van der Waals surface area contributed by atoms with Crippen LogP contribution in [-0.2, 0) is 20.3 Å². The second-order valence-electron chi connectivity index (χ2n) is 9.83. The summed E-state index contributed by atoms with van der Waals surface area (Å²) in [5, 5.41) is 11.1. The van der Waals surface area contributed by atoms with E-state index >= 15 is 0 Å². The second kappa shape index (κ2) is 10.8. The van der Waals surface area contributed by atoms with Crippen molar-refractivity contribution in [2.45, 2.75) is 90.1 Å². The molecule has 188 valence electrons. The third-order valence-corrected chi connectivity index (χ3v) is 7.58. The van der Waals surface area contributed by atoms with Crippen molar-refractivity contribution in [1.82, 2.24) is 0 Å². The summed E-state index contributed by atoms with van der Waals surface area (Å²) in [6.07, 6.45) is 8.60. The molecule has 0 aromatic heterocycles. The van der Waals surface area contributed by atoms with Crippen molar-refractivity contribution in [3.8, 4) is 11.5 Å². The minimum atomic E-state index is -4.89. The van der Waals surface area contributed by atoms with Gasteiger partial charge in [0.15, 0.2) is 5.60 Å². The molecule has 1 aromatic carbocycles. The van der Waals surface area contributed by atoms with Gasteiger partial charge in [-0.3, -0.25) is 4.52 Å². The number of phosphoric ester groups is 1. The van der Waals surface area contributed by atoms with Crippen molar-refractivity contribution < 1.29 is 33.5 Å². The molecule has 0 unspecified atom stereocenters. The molecule has 2 atom stereocenters. The maximum absolute atomic E-state index is 13.2. The molecule has 8 heteroatoms. The number of carbonyl (C=O) groups excluding carboxylic acids is 1. The smallest absolute Gasteiger partial charge is 0.470 e. The number of aromatic hydroxyl groups is 1. The fourth-order valence-electron chi connectivity index (χ4n) is 4.97. The summed E-state index contributed by atoms with van der Waals surface area (Å²) in [5.74, 6) is -0.713. The number of hydrogen-bond donors (Lipinski definition) is 3. The number of hydrogen-bond acceptors (Lipinski definition) is 5. The van der Waals surface area contributed by atoms with Crippen LogP contribution in [0.15, 0.2) is 35.9 Å². The first-order valence-electron chi connectivity index (χ1n) is 12.1. The molecule has 0 amide bonds. The molecule has 2 aliphatic carbocycles. The average Bonchev–Trinajstić information content (AvgIpc) is 2.69. The summed E-state index contributed by atoms with van der Waals surface area (Å²) < 4.78 is 22.2. The molecule has 34 heavy (non-hydrogen) atoms. The Bertz CT molecular complexity index is 1000. The van der Waals surface area contributed by atoms with Crippen LogP contribution in [0.3, 0.4) is 0 Å². The number of unbranched alkanes of at least 4 members (excludes halogenated alkanes) is 2. The van der Waals surface area contributed by atoms with Crippen molar-refractivity contribution in [2.24, 2.45) is 5.92 Å². The maximum Gasteiger partial charge on any atom is 0.470 e. The molecule has 0 radical (unpaired) electrons. The van der Waals surface area contributed by atoms with Gasteiger partial charge in [-0.25, -0.2) is 9.36 Å². The van der Waals surface area contributed by atoms with Crippen LogP contribution < -0.4 is 4.74 Å². The van der Waals surface area contributed by atoms with E-state index in [2.05, 4.69) is 19.6 Å². The zero-order valence-electron chi connectivity index (χ0n) is 20.4. The lowest BCUT2D eigenvalue weighted by molar-refractivity contribution is -0.162. The Hall–Kier alpha value is -1.92. The number of rotatable bonds is 10. The van der Waals surface area contributed by atoms with Gasteiger partial charge in [0.25, 0.3) is 0 Å². The van der Waals surface area contributed by atoms with E-state index < -0.39 is 19.4 Å². The van der Waals surface area contributed by atoms with Gasteiger partial charge in [0.2, 0.25) is 0 Å². The predicted octanol–water partition coefficient (Wildman–Crippen LogP) is 6.08. The molecule has 1 aromatic rings. The largest absolute Gasteiger partial charge is 0.507 e. The number of aryl methyl sites for hydroxylation is 1. The van der Waals surface area contributed by atoms with E-state index in [1.807, 2.05) is 13.8 Å². The molecule has 0 heterocycles. The predicted molar refractivity (Wildman–Crippen MR) is 131 cm³/mol. The lowest BCUT2D eigenvalue weighted by Gasteiger charge is -2.38. The number of phenols is 1. The quantitative estimate of drug-likeness (QED) is 0.119. The summed E-state index contributed by atoms with van der Waals surface area (Å²) in [6, 6.07) is 3.51. The topological polar surface area (TPSA) is 113 Å². The Labute approximate surface area is 202 Å². The molecule has 2 aliphatic rings. The van der Waals surface area contributed by atoms with Gasteiger partial charge in [0.05, 0.1) is 0 Å². The lowest BCUT2D eigenvalue weighted by atomic mass is 9.73. The first-order chi connectivity index (χ1) is 16.0. The van der Waals surface area contributed by atoms with Gasteiger partial charge in [0.1, 0.15) is 11.5 Å². The highest BCUT2D eigenvalue weighted by Gasteiger charge is 2.52. The Morgan fingerprint density at radius 3 is 2.53 bits per heavy atom. The fraction of sp³-hybridized carbons (Fsp3) is 0.577. The Balaban J connectivity index is 2.03. The van der Waals surface area contributed by atoms with Crippen molar-refractivity contribution in [3.63, 3.8) is 0 Å². The van der Waals surface area contributed by atoms with E-state index in [9.17, 15) is 24.3 Å². The minimum Gasteiger partial charge on any atom is -0.507 e. The Morgan fingerprint density at radius 2 is 1.97 bits per heavy atom. The van der Waals surface area contributed by atoms with Gasteiger partial charge in [-0.15, -0.1) is 0 Å². The molecular weight excluding hydrogens is 455 g/mol. The number of carbonyl (C=O) groups is 1. The lowest BCUT2D eigenvalue weighted by Crippen LogP contribution is -2.49. The minimum absolute atomic E-state index is 0.0533. The highest BCUT2D eigenvalue weighted by atomic mass is 31.2. The van der Waals surface area contributed by atoms with E-state index in [0.717, 1.165) is 49.7 Å². The number of phenolic OH excluding ortho intramolecular Hbond substituents is 1.